The van der Waals surface area contributed by atoms with Gasteiger partial charge in [0.1, 0.15) is 5.75 Å². The summed E-state index contributed by atoms with van der Waals surface area (Å²) in [6, 6.07) is 16.8. The molecule has 5 nitrogen and oxygen atoms in total. The first kappa shape index (κ1) is 15.4. The van der Waals surface area contributed by atoms with E-state index < -0.39 is 0 Å². The summed E-state index contributed by atoms with van der Waals surface area (Å²) in [5.74, 6) is 0.832. The van der Waals surface area contributed by atoms with Crippen molar-refractivity contribution in [3.05, 3.63) is 60.9 Å². The molecule has 2 heterocycles. The monoisotopic (exact) mass is 332 g/mol. The second-order valence-electron chi connectivity index (χ2n) is 6.32. The number of aromatic nitrogens is 4. The Morgan fingerprint density at radius 2 is 1.80 bits per heavy atom. The highest BCUT2D eigenvalue weighted by atomic mass is 16.5. The van der Waals surface area contributed by atoms with Gasteiger partial charge in [0.25, 0.3) is 0 Å². The second-order valence-corrected chi connectivity index (χ2v) is 6.32. The summed E-state index contributed by atoms with van der Waals surface area (Å²) in [6.45, 7) is 4.37. The molecule has 4 aromatic rings. The molecule has 0 fully saturated rings. The Kier molecular flexibility index (Phi) is 3.76. The lowest BCUT2D eigenvalue weighted by Gasteiger charge is -2.11. The number of methoxy groups -OCH3 is 1. The maximum absolute atomic E-state index is 5.24. The van der Waals surface area contributed by atoms with Crippen LogP contribution < -0.4 is 4.74 Å². The summed E-state index contributed by atoms with van der Waals surface area (Å²) in [5.41, 5.74) is 4.19. The van der Waals surface area contributed by atoms with E-state index in [1.807, 2.05) is 28.9 Å². The summed E-state index contributed by atoms with van der Waals surface area (Å²) in [7, 11) is 1.67. The topological polar surface area (TPSA) is 44.9 Å². The van der Waals surface area contributed by atoms with Gasteiger partial charge in [0.05, 0.1) is 30.2 Å². The van der Waals surface area contributed by atoms with Crippen molar-refractivity contribution in [2.24, 2.45) is 0 Å². The number of rotatable bonds is 4. The third-order valence-electron chi connectivity index (χ3n) is 4.44. The van der Waals surface area contributed by atoms with Crippen molar-refractivity contribution in [3.8, 4) is 22.7 Å². The van der Waals surface area contributed by atoms with Crippen molar-refractivity contribution in [2.75, 3.05) is 7.11 Å². The van der Waals surface area contributed by atoms with E-state index in [1.165, 1.54) is 10.9 Å². The lowest BCUT2D eigenvalue weighted by Crippen LogP contribution is -2.02. The van der Waals surface area contributed by atoms with Gasteiger partial charge in [-0.25, -0.2) is 4.68 Å². The highest BCUT2D eigenvalue weighted by Gasteiger charge is 2.11. The SMILES string of the molecule is COc1ccc(-c2cnnn2-c2ccc3ccn(C(C)C)c3c2)cc1. The Morgan fingerprint density at radius 3 is 2.52 bits per heavy atom. The van der Waals surface area contributed by atoms with Gasteiger partial charge in [-0.2, -0.15) is 0 Å². The fourth-order valence-corrected chi connectivity index (χ4v) is 3.10. The molecule has 25 heavy (non-hydrogen) atoms. The minimum atomic E-state index is 0.407. The number of ether oxygens (including phenoxy) is 1. The van der Waals surface area contributed by atoms with E-state index in [1.54, 1.807) is 13.3 Å². The van der Waals surface area contributed by atoms with Crippen LogP contribution in [-0.4, -0.2) is 26.7 Å². The highest BCUT2D eigenvalue weighted by Crippen LogP contribution is 2.27. The van der Waals surface area contributed by atoms with Crippen LogP contribution in [-0.2, 0) is 0 Å². The zero-order valence-electron chi connectivity index (χ0n) is 14.5. The van der Waals surface area contributed by atoms with Gasteiger partial charge in [-0.05, 0) is 61.7 Å². The third kappa shape index (κ3) is 2.67. The molecule has 0 bridgehead atoms. The van der Waals surface area contributed by atoms with Gasteiger partial charge in [0.2, 0.25) is 0 Å². The van der Waals surface area contributed by atoms with Crippen LogP contribution in [0.15, 0.2) is 60.9 Å². The summed E-state index contributed by atoms with van der Waals surface area (Å²) >= 11 is 0. The van der Waals surface area contributed by atoms with E-state index in [0.29, 0.717) is 6.04 Å². The number of benzene rings is 2. The predicted octanol–water partition coefficient (Wildman–Crippen LogP) is 4.48. The molecule has 0 aliphatic carbocycles. The van der Waals surface area contributed by atoms with Gasteiger partial charge in [-0.3, -0.25) is 0 Å². The molecule has 0 aliphatic heterocycles. The average molecular weight is 332 g/mol. The number of nitrogens with zero attached hydrogens (tertiary/aromatic N) is 4. The lowest BCUT2D eigenvalue weighted by molar-refractivity contribution is 0.415. The predicted molar refractivity (Wildman–Crippen MR) is 99.2 cm³/mol. The second kappa shape index (κ2) is 6.09. The molecule has 0 spiro atoms. The van der Waals surface area contributed by atoms with Gasteiger partial charge in [-0.15, -0.1) is 5.10 Å². The molecule has 0 saturated carbocycles. The first-order valence-corrected chi connectivity index (χ1v) is 8.33. The number of hydrogen-bond acceptors (Lipinski definition) is 3. The van der Waals surface area contributed by atoms with Crippen LogP contribution in [0.25, 0.3) is 27.8 Å². The first-order valence-electron chi connectivity index (χ1n) is 8.33. The summed E-state index contributed by atoms with van der Waals surface area (Å²) in [5, 5.41) is 9.64. The zero-order valence-corrected chi connectivity index (χ0v) is 14.5. The third-order valence-corrected chi connectivity index (χ3v) is 4.44. The normalized spacial score (nSPS) is 11.4. The maximum Gasteiger partial charge on any atom is 0.118 e. The molecular weight excluding hydrogens is 312 g/mol. The number of fused-ring (bicyclic) bond motifs is 1. The van der Waals surface area contributed by atoms with Gasteiger partial charge >= 0.3 is 0 Å². The van der Waals surface area contributed by atoms with Gasteiger partial charge in [-0.1, -0.05) is 11.3 Å². The van der Waals surface area contributed by atoms with Crippen LogP contribution in [0.1, 0.15) is 19.9 Å². The van der Waals surface area contributed by atoms with Gasteiger partial charge < -0.3 is 9.30 Å². The molecule has 126 valence electrons. The quantitative estimate of drug-likeness (QED) is 0.553. The molecule has 2 aromatic heterocycles. The van der Waals surface area contributed by atoms with Crippen molar-refractivity contribution in [1.29, 1.82) is 0 Å². The highest BCUT2D eigenvalue weighted by molar-refractivity contribution is 5.82. The smallest absolute Gasteiger partial charge is 0.118 e. The summed E-state index contributed by atoms with van der Waals surface area (Å²) in [6.07, 6.45) is 3.92. The van der Waals surface area contributed by atoms with E-state index in [9.17, 15) is 0 Å². The minimum Gasteiger partial charge on any atom is -0.497 e. The molecule has 2 aromatic carbocycles. The molecule has 0 unspecified atom stereocenters. The van der Waals surface area contributed by atoms with E-state index in [0.717, 1.165) is 22.7 Å². The standard InChI is InChI=1S/C20H20N4O/c1-14(2)23-11-10-16-4-7-17(12-19(16)23)24-20(13-21-22-24)15-5-8-18(25-3)9-6-15/h4-14H,1-3H3. The zero-order chi connectivity index (χ0) is 17.4. The van der Waals surface area contributed by atoms with Crippen LogP contribution in [0, 0.1) is 0 Å². The van der Waals surface area contributed by atoms with Crippen molar-refractivity contribution < 1.29 is 4.74 Å². The molecule has 0 atom stereocenters. The van der Waals surface area contributed by atoms with Gasteiger partial charge in [0, 0.05) is 17.8 Å². The van der Waals surface area contributed by atoms with Crippen molar-refractivity contribution in [3.63, 3.8) is 0 Å². The van der Waals surface area contributed by atoms with Crippen molar-refractivity contribution >= 4 is 10.9 Å². The fraction of sp³-hybridized carbons (Fsp3) is 0.200. The molecule has 5 heteroatoms. The Morgan fingerprint density at radius 1 is 1.00 bits per heavy atom. The molecular formula is C20H20N4O. The Balaban J connectivity index is 1.81. The fourth-order valence-electron chi connectivity index (χ4n) is 3.10. The Bertz CT molecular complexity index is 1010. The van der Waals surface area contributed by atoms with E-state index in [-0.39, 0.29) is 0 Å². The molecule has 0 radical (unpaired) electrons. The summed E-state index contributed by atoms with van der Waals surface area (Å²) < 4.78 is 9.38. The van der Waals surface area contributed by atoms with Gasteiger partial charge in [0.15, 0.2) is 0 Å². The van der Waals surface area contributed by atoms with Crippen molar-refractivity contribution in [1.82, 2.24) is 19.6 Å². The van der Waals surface area contributed by atoms with Crippen LogP contribution in [0.5, 0.6) is 5.75 Å². The van der Waals surface area contributed by atoms with Crippen molar-refractivity contribution in [2.45, 2.75) is 19.9 Å². The largest absolute Gasteiger partial charge is 0.497 e. The molecule has 0 amide bonds. The van der Waals surface area contributed by atoms with Crippen LogP contribution in [0.2, 0.25) is 0 Å². The number of hydrogen-bond donors (Lipinski definition) is 0. The van der Waals surface area contributed by atoms with E-state index in [2.05, 4.69) is 59.2 Å². The lowest BCUT2D eigenvalue weighted by atomic mass is 10.1. The molecule has 0 saturated heterocycles. The van der Waals surface area contributed by atoms with Crippen LogP contribution >= 0.6 is 0 Å². The summed E-state index contributed by atoms with van der Waals surface area (Å²) in [4.78, 5) is 0. The van der Waals surface area contributed by atoms with Crippen LogP contribution in [0.3, 0.4) is 0 Å². The molecule has 4 rings (SSSR count). The first-order chi connectivity index (χ1) is 12.2. The maximum atomic E-state index is 5.24. The Labute approximate surface area is 146 Å². The average Bonchev–Trinajstić information content (AvgIpc) is 3.28. The molecule has 0 aliphatic rings. The van der Waals surface area contributed by atoms with E-state index in [4.69, 9.17) is 4.74 Å². The Hall–Kier alpha value is -3.08. The van der Waals surface area contributed by atoms with E-state index >= 15 is 0 Å². The minimum absolute atomic E-state index is 0.407. The molecule has 0 N–H and O–H groups in total. The van der Waals surface area contributed by atoms with Crippen LogP contribution in [0.4, 0.5) is 0 Å².